The average Bonchev–Trinajstić information content (AvgIpc) is 3.10. The molecule has 0 saturated carbocycles. The molecule has 25 heavy (non-hydrogen) atoms. The number of aromatic nitrogens is 2. The van der Waals surface area contributed by atoms with Crippen LogP contribution in [0.2, 0.25) is 0 Å². The van der Waals surface area contributed by atoms with Gasteiger partial charge in [-0.25, -0.2) is 9.97 Å². The third-order valence-corrected chi connectivity index (χ3v) is 5.52. The Balaban J connectivity index is 1.66. The second-order valence-corrected chi connectivity index (χ2v) is 7.89. The number of nitrogens with two attached hydrogens (primary N) is 1. The van der Waals surface area contributed by atoms with Gasteiger partial charge in [0.2, 0.25) is 5.95 Å². The number of anilines is 1. The Morgan fingerprint density at radius 1 is 1.24 bits per heavy atom. The number of hydrogen-bond acceptors (Lipinski definition) is 7. The summed E-state index contributed by atoms with van der Waals surface area (Å²) in [5.41, 5.74) is 5.70. The molecule has 3 N–H and O–H groups in total. The minimum Gasteiger partial charge on any atom is -0.399 e. The molecule has 0 amide bonds. The molecule has 1 aromatic rings. The van der Waals surface area contributed by atoms with Gasteiger partial charge in [-0.15, -0.1) is 0 Å². The van der Waals surface area contributed by atoms with Crippen molar-refractivity contribution >= 4 is 18.5 Å². The van der Waals surface area contributed by atoms with Gasteiger partial charge in [0.1, 0.15) is 0 Å². The second kappa shape index (κ2) is 7.19. The predicted octanol–water partition coefficient (Wildman–Crippen LogP) is 0.293. The topological polar surface area (TPSA) is 85.5 Å². The lowest BCUT2D eigenvalue weighted by molar-refractivity contribution is 0.00578. The fourth-order valence-corrected chi connectivity index (χ4v) is 3.26. The van der Waals surface area contributed by atoms with E-state index in [-0.39, 0.29) is 11.2 Å². The molecule has 8 heteroatoms. The van der Waals surface area contributed by atoms with Crippen molar-refractivity contribution in [2.24, 2.45) is 5.73 Å². The van der Waals surface area contributed by atoms with Crippen LogP contribution in [0.25, 0.3) is 0 Å². The Morgan fingerprint density at radius 3 is 2.48 bits per heavy atom. The van der Waals surface area contributed by atoms with E-state index in [9.17, 15) is 0 Å². The molecule has 2 fully saturated rings. The Morgan fingerprint density at radius 2 is 1.88 bits per heavy atom. The Bertz CT molecular complexity index is 565. The summed E-state index contributed by atoms with van der Waals surface area (Å²) in [5, 5.41) is 3.39. The van der Waals surface area contributed by atoms with Gasteiger partial charge in [-0.3, -0.25) is 0 Å². The van der Waals surface area contributed by atoms with E-state index < -0.39 is 7.12 Å². The Kier molecular flexibility index (Phi) is 5.34. The molecule has 2 aliphatic rings. The van der Waals surface area contributed by atoms with Crippen molar-refractivity contribution in [3.05, 3.63) is 12.4 Å². The predicted molar refractivity (Wildman–Crippen MR) is 100 cm³/mol. The Hall–Kier alpha value is -1.22. The summed E-state index contributed by atoms with van der Waals surface area (Å²) in [6, 6.07) is 0.425. The van der Waals surface area contributed by atoms with Crippen molar-refractivity contribution in [3.63, 3.8) is 0 Å². The smallest absolute Gasteiger partial charge is 0.399 e. The van der Waals surface area contributed by atoms with Gasteiger partial charge in [0, 0.05) is 50.1 Å². The number of nitrogens with zero attached hydrogens (tertiary/aromatic N) is 3. The van der Waals surface area contributed by atoms with E-state index in [1.54, 1.807) is 0 Å². The van der Waals surface area contributed by atoms with Crippen molar-refractivity contribution in [1.29, 1.82) is 0 Å². The van der Waals surface area contributed by atoms with E-state index in [0.29, 0.717) is 12.6 Å². The van der Waals surface area contributed by atoms with E-state index >= 15 is 0 Å². The molecule has 7 nitrogen and oxygen atoms in total. The van der Waals surface area contributed by atoms with Crippen molar-refractivity contribution < 1.29 is 9.31 Å². The van der Waals surface area contributed by atoms with E-state index in [1.807, 2.05) is 40.1 Å². The molecule has 0 spiro atoms. The molecule has 2 aliphatic heterocycles. The SMILES string of the molecule is CC1(C)OB(c2cnc(N3CCCC3CNCCN)nc2)OC1(C)C. The third-order valence-electron chi connectivity index (χ3n) is 5.52. The van der Waals surface area contributed by atoms with Crippen LogP contribution in [0.1, 0.15) is 40.5 Å². The molecule has 1 unspecified atom stereocenters. The maximum Gasteiger partial charge on any atom is 0.498 e. The van der Waals surface area contributed by atoms with Crippen LogP contribution in [0.4, 0.5) is 5.95 Å². The first kappa shape index (κ1) is 18.6. The van der Waals surface area contributed by atoms with Gasteiger partial charge < -0.3 is 25.3 Å². The molecular weight excluding hydrogens is 317 g/mol. The monoisotopic (exact) mass is 347 g/mol. The average molecular weight is 347 g/mol. The van der Waals surface area contributed by atoms with Crippen molar-refractivity contribution in [2.75, 3.05) is 31.1 Å². The molecule has 0 bridgehead atoms. The number of rotatable bonds is 6. The minimum absolute atomic E-state index is 0.356. The number of hydrogen-bond donors (Lipinski definition) is 2. The highest BCUT2D eigenvalue weighted by atomic mass is 16.7. The van der Waals surface area contributed by atoms with Crippen molar-refractivity contribution in [3.8, 4) is 0 Å². The van der Waals surface area contributed by atoms with E-state index in [2.05, 4.69) is 20.2 Å². The summed E-state index contributed by atoms with van der Waals surface area (Å²) < 4.78 is 12.1. The maximum atomic E-state index is 6.06. The lowest BCUT2D eigenvalue weighted by Gasteiger charge is -2.32. The van der Waals surface area contributed by atoms with Gasteiger partial charge in [-0.1, -0.05) is 0 Å². The van der Waals surface area contributed by atoms with Gasteiger partial charge in [0.25, 0.3) is 0 Å². The molecule has 1 aromatic heterocycles. The quantitative estimate of drug-likeness (QED) is 0.565. The minimum atomic E-state index is -0.417. The van der Waals surface area contributed by atoms with Crippen LogP contribution in [0.5, 0.6) is 0 Å². The first-order valence-corrected chi connectivity index (χ1v) is 9.19. The molecule has 2 saturated heterocycles. The van der Waals surface area contributed by atoms with Crippen molar-refractivity contribution in [2.45, 2.75) is 57.8 Å². The van der Waals surface area contributed by atoms with Gasteiger partial charge in [-0.2, -0.15) is 0 Å². The lowest BCUT2D eigenvalue weighted by Crippen LogP contribution is -2.41. The van der Waals surface area contributed by atoms with Gasteiger partial charge in [0.15, 0.2) is 0 Å². The lowest BCUT2D eigenvalue weighted by atomic mass is 9.81. The highest BCUT2D eigenvalue weighted by molar-refractivity contribution is 6.61. The van der Waals surface area contributed by atoms with E-state index in [1.165, 1.54) is 0 Å². The van der Waals surface area contributed by atoms with Crippen LogP contribution >= 0.6 is 0 Å². The molecule has 3 rings (SSSR count). The molecule has 3 heterocycles. The van der Waals surface area contributed by atoms with Crippen LogP contribution < -0.4 is 21.4 Å². The van der Waals surface area contributed by atoms with Crippen LogP contribution in [0.15, 0.2) is 12.4 Å². The second-order valence-electron chi connectivity index (χ2n) is 7.89. The molecule has 138 valence electrons. The first-order valence-electron chi connectivity index (χ1n) is 9.19. The highest BCUT2D eigenvalue weighted by Gasteiger charge is 2.52. The van der Waals surface area contributed by atoms with Crippen LogP contribution in [-0.2, 0) is 9.31 Å². The summed E-state index contributed by atoms with van der Waals surface area (Å²) in [4.78, 5) is 11.4. The molecule has 0 aromatic carbocycles. The largest absolute Gasteiger partial charge is 0.498 e. The maximum absolute atomic E-state index is 6.06. The standard InChI is InChI=1S/C17H30BN5O2/c1-16(2)17(3,4)25-18(24-16)13-10-21-15(22-11-13)23-9-5-6-14(23)12-20-8-7-19/h10-11,14,20H,5-9,12,19H2,1-4H3. The fourth-order valence-electron chi connectivity index (χ4n) is 3.26. The van der Waals surface area contributed by atoms with E-state index in [4.69, 9.17) is 15.0 Å². The first-order chi connectivity index (χ1) is 11.8. The fraction of sp³-hybridized carbons (Fsp3) is 0.765. The summed E-state index contributed by atoms with van der Waals surface area (Å²) >= 11 is 0. The molecule has 0 aliphatic carbocycles. The third kappa shape index (κ3) is 3.82. The van der Waals surface area contributed by atoms with Crippen LogP contribution in [-0.4, -0.2) is 60.5 Å². The highest BCUT2D eigenvalue weighted by Crippen LogP contribution is 2.36. The summed E-state index contributed by atoms with van der Waals surface area (Å²) in [6.07, 6.45) is 5.97. The van der Waals surface area contributed by atoms with E-state index in [0.717, 1.165) is 43.9 Å². The number of nitrogens with one attached hydrogen (secondary N) is 1. The van der Waals surface area contributed by atoms with Gasteiger partial charge in [-0.05, 0) is 40.5 Å². The van der Waals surface area contributed by atoms with Crippen LogP contribution in [0.3, 0.4) is 0 Å². The Labute approximate surface area is 150 Å². The van der Waals surface area contributed by atoms with Gasteiger partial charge >= 0.3 is 7.12 Å². The van der Waals surface area contributed by atoms with Crippen molar-refractivity contribution in [1.82, 2.24) is 15.3 Å². The van der Waals surface area contributed by atoms with Gasteiger partial charge in [0.05, 0.1) is 11.2 Å². The summed E-state index contributed by atoms with van der Waals surface area (Å²) in [7, 11) is -0.417. The molecule has 1 atom stereocenters. The summed E-state index contributed by atoms with van der Waals surface area (Å²) in [5.74, 6) is 0.775. The zero-order chi connectivity index (χ0) is 18.1. The molecule has 0 radical (unpaired) electrons. The van der Waals surface area contributed by atoms with Crippen LogP contribution in [0, 0.1) is 0 Å². The summed E-state index contributed by atoms with van der Waals surface area (Å²) in [6.45, 7) is 11.6. The molecular formula is C17H30BN5O2. The zero-order valence-electron chi connectivity index (χ0n) is 15.8. The zero-order valence-corrected chi connectivity index (χ0v) is 15.8. The normalized spacial score (nSPS) is 24.9.